The summed E-state index contributed by atoms with van der Waals surface area (Å²) in [5.74, 6) is -2.41. The monoisotopic (exact) mass is 1060 g/mol. The number of benzene rings is 1. The first-order chi connectivity index (χ1) is 36.0. The number of aromatic nitrogens is 2. The van der Waals surface area contributed by atoms with E-state index in [9.17, 15) is 29.3 Å². The third-order valence-electron chi connectivity index (χ3n) is 17.4. The summed E-state index contributed by atoms with van der Waals surface area (Å²) in [4.78, 5) is 39.5. The maximum Gasteiger partial charge on any atom is 0.309 e. The number of esters is 1. The zero-order valence-electron chi connectivity index (χ0n) is 47.4. The highest BCUT2D eigenvalue weighted by Crippen LogP contribution is 2.45. The van der Waals surface area contributed by atoms with E-state index in [0.717, 1.165) is 41.8 Å². The van der Waals surface area contributed by atoms with Crippen molar-refractivity contribution in [2.45, 2.75) is 179 Å². The minimum Gasteiger partial charge on any atom is -0.459 e. The van der Waals surface area contributed by atoms with Crippen molar-refractivity contribution in [2.75, 3.05) is 54.7 Å². The number of cyclic esters (lactones) is 1. The van der Waals surface area contributed by atoms with Crippen LogP contribution < -0.4 is 5.43 Å². The van der Waals surface area contributed by atoms with E-state index in [-0.39, 0.29) is 55.8 Å². The van der Waals surface area contributed by atoms with Gasteiger partial charge in [-0.05, 0) is 83.9 Å². The molecule has 0 aliphatic carbocycles. The maximum atomic E-state index is 14.6. The fourth-order valence-electron chi connectivity index (χ4n) is 12.6. The number of terminal acetylenes is 1. The van der Waals surface area contributed by atoms with Crippen molar-refractivity contribution in [3.05, 3.63) is 60.4 Å². The molecule has 4 aliphatic heterocycles. The maximum absolute atomic E-state index is 14.6. The number of nitrogens with zero attached hydrogens (tertiary/aromatic N) is 5. The van der Waals surface area contributed by atoms with Crippen molar-refractivity contribution < 1.29 is 57.7 Å². The van der Waals surface area contributed by atoms with Crippen LogP contribution in [0.2, 0.25) is 0 Å². The zero-order chi connectivity index (χ0) is 55.9. The van der Waals surface area contributed by atoms with E-state index < -0.39 is 95.7 Å². The van der Waals surface area contributed by atoms with E-state index in [0.29, 0.717) is 19.4 Å². The van der Waals surface area contributed by atoms with Crippen molar-refractivity contribution in [1.29, 1.82) is 0 Å². The number of Topliss-reactive ketones (excluding diaryl/α,β-unsaturated/α-hetero) is 1. The molecular weight excluding hydrogens is 976 g/mol. The predicted octanol–water partition coefficient (Wildman–Crippen LogP) is 5.95. The Hall–Kier alpha value is -4.13. The third-order valence-corrected chi connectivity index (χ3v) is 17.4. The summed E-state index contributed by atoms with van der Waals surface area (Å²) in [6.07, 6.45) is 10.2. The van der Waals surface area contributed by atoms with Gasteiger partial charge in [0.15, 0.2) is 5.60 Å². The Morgan fingerprint density at radius 2 is 1.66 bits per heavy atom. The number of methoxy groups -OCH3 is 2. The minimum absolute atomic E-state index is 0.00999. The van der Waals surface area contributed by atoms with Gasteiger partial charge in [0.1, 0.15) is 36.0 Å². The van der Waals surface area contributed by atoms with Gasteiger partial charge in [0.2, 0.25) is 0 Å². The Morgan fingerprint density at radius 1 is 0.974 bits per heavy atom. The number of rotatable bonds is 17. The number of ether oxygens (including phenoxy) is 6. The second-order valence-electron chi connectivity index (χ2n) is 22.9. The lowest BCUT2D eigenvalue weighted by Gasteiger charge is -2.51. The molecular formula is C58H89FN6O11. The van der Waals surface area contributed by atoms with Gasteiger partial charge in [-0.15, -0.1) is 11.5 Å². The van der Waals surface area contributed by atoms with Gasteiger partial charge in [-0.25, -0.2) is 9.97 Å². The molecule has 0 radical (unpaired) electrons. The summed E-state index contributed by atoms with van der Waals surface area (Å²) >= 11 is 0. The molecule has 4 N–H and O–H groups in total. The molecule has 18 heteroatoms. The fraction of sp³-hybridized carbons (Fsp3) is 0.724. The standard InChI is InChI=1S/C58H89FN6O11/c1-15-49-57(10,70)52(67)39(7)51(66)35(3)26-58(16-2,72-14)54(37(5)50(38(6)55(69)76-49)48-27-56(9,71-13)53(68)40(8)75-48)73-33-47-25-46(23-36(4)74-47)63(11)22-21-45-32-65(64(12)62-45)31-42(28-59)24-41-17-19-43(20-18-41)44-29-60-34-61-30-44/h2,17-20,29-30,32,34-40,42,46-50,52-54,62,67-68,70H,15,21-28,31,33H2,1,3-14H3/t35-,36-,37+,38-,39+,40+,42+,46+,47-,48-,49-,50?,52-,53+,54-,56-,57-,58-/m1/s1. The van der Waals surface area contributed by atoms with E-state index in [4.69, 9.17) is 34.8 Å². The first kappa shape index (κ1) is 61.1. The van der Waals surface area contributed by atoms with Crippen LogP contribution in [0.4, 0.5) is 4.39 Å². The van der Waals surface area contributed by atoms with Crippen LogP contribution in [0.5, 0.6) is 0 Å². The van der Waals surface area contributed by atoms with Crippen LogP contribution in [-0.2, 0) is 44.4 Å². The number of halogens is 1. The predicted molar refractivity (Wildman–Crippen MR) is 286 cm³/mol. The number of nitrogens with one attached hydrogen (secondary N) is 1. The van der Waals surface area contributed by atoms with Gasteiger partial charge in [-0.1, -0.05) is 64.8 Å². The van der Waals surface area contributed by atoms with Crippen LogP contribution >= 0.6 is 0 Å². The first-order valence-electron chi connectivity index (χ1n) is 27.4. The van der Waals surface area contributed by atoms with Gasteiger partial charge in [-0.3, -0.25) is 19.0 Å². The number of hydrazine groups is 2. The molecule has 6 rings (SSSR count). The Kier molecular flexibility index (Phi) is 21.1. The van der Waals surface area contributed by atoms with Crippen LogP contribution in [0.15, 0.2) is 54.9 Å². The summed E-state index contributed by atoms with van der Waals surface area (Å²) in [6, 6.07) is 8.25. The third kappa shape index (κ3) is 13.8. The summed E-state index contributed by atoms with van der Waals surface area (Å²) in [7, 11) is 7.07. The highest BCUT2D eigenvalue weighted by Gasteiger charge is 2.56. The van der Waals surface area contributed by atoms with Crippen LogP contribution in [-0.4, -0.2) is 178 Å². The summed E-state index contributed by atoms with van der Waals surface area (Å²) in [6.45, 7) is 16.6. The fourth-order valence-corrected chi connectivity index (χ4v) is 12.6. The van der Waals surface area contributed by atoms with Crippen LogP contribution in [0.3, 0.4) is 0 Å². The molecule has 0 spiro atoms. The topological polar surface area (TPSA) is 198 Å². The molecule has 0 amide bonds. The normalized spacial score (nSPS) is 37.7. The summed E-state index contributed by atoms with van der Waals surface area (Å²) in [5.41, 5.74) is 2.88. The molecule has 17 nitrogen and oxygen atoms in total. The van der Waals surface area contributed by atoms with Gasteiger partial charge in [0.25, 0.3) is 0 Å². The zero-order valence-corrected chi connectivity index (χ0v) is 47.4. The molecule has 1 aromatic heterocycles. The minimum atomic E-state index is -1.99. The van der Waals surface area contributed by atoms with Crippen molar-refractivity contribution in [3.8, 4) is 23.5 Å². The van der Waals surface area contributed by atoms with E-state index in [1.807, 2.05) is 55.3 Å². The van der Waals surface area contributed by atoms with Gasteiger partial charge >= 0.3 is 5.97 Å². The Labute approximate surface area is 451 Å². The van der Waals surface area contributed by atoms with Crippen molar-refractivity contribution >= 4 is 11.8 Å². The van der Waals surface area contributed by atoms with Gasteiger partial charge in [0.05, 0.1) is 55.3 Å². The van der Waals surface area contributed by atoms with Crippen molar-refractivity contribution in [3.63, 3.8) is 0 Å². The van der Waals surface area contributed by atoms with Gasteiger partial charge < -0.3 is 54.1 Å². The lowest BCUT2D eigenvalue weighted by atomic mass is 9.67. The first-order valence-corrected chi connectivity index (χ1v) is 27.4. The lowest BCUT2D eigenvalue weighted by Crippen LogP contribution is -2.61. The second kappa shape index (κ2) is 26.2. The average Bonchev–Trinajstić information content (AvgIpc) is 3.77. The highest BCUT2D eigenvalue weighted by atomic mass is 19.1. The molecule has 4 aliphatic rings. The van der Waals surface area contributed by atoms with Crippen LogP contribution in [0.1, 0.15) is 106 Å². The molecule has 2 aromatic rings. The number of aliphatic hydroxyl groups is 3. The lowest BCUT2D eigenvalue weighted by molar-refractivity contribution is -0.242. The van der Waals surface area contributed by atoms with Crippen LogP contribution in [0.25, 0.3) is 11.1 Å². The number of aliphatic hydroxyl groups excluding tert-OH is 2. The van der Waals surface area contributed by atoms with Crippen molar-refractivity contribution in [2.24, 2.45) is 35.5 Å². The molecule has 18 atom stereocenters. The number of hydrogen-bond acceptors (Lipinski definition) is 17. The highest BCUT2D eigenvalue weighted by molar-refractivity contribution is 5.83. The quantitative estimate of drug-likeness (QED) is 0.107. The molecule has 1 unspecified atom stereocenters. The summed E-state index contributed by atoms with van der Waals surface area (Å²) in [5, 5.41) is 38.8. The Morgan fingerprint density at radius 3 is 2.28 bits per heavy atom. The smallest absolute Gasteiger partial charge is 0.309 e. The van der Waals surface area contributed by atoms with Crippen LogP contribution in [0, 0.1) is 47.9 Å². The number of carbonyl (C=O) groups excluding carboxylic acids is 2. The van der Waals surface area contributed by atoms with E-state index >= 15 is 0 Å². The van der Waals surface area contributed by atoms with E-state index in [1.165, 1.54) is 27.5 Å². The molecule has 0 bridgehead atoms. The number of alkyl halides is 1. The number of carbonyl (C=O) groups is 2. The molecule has 0 saturated carbocycles. The molecule has 1 aromatic carbocycles. The second-order valence-corrected chi connectivity index (χ2v) is 22.9. The number of hydrogen-bond donors (Lipinski definition) is 4. The summed E-state index contributed by atoms with van der Waals surface area (Å²) < 4.78 is 53.4. The van der Waals surface area contributed by atoms with E-state index in [1.54, 1.807) is 47.0 Å². The Balaban J connectivity index is 1.20. The Bertz CT molecular complexity index is 2270. The van der Waals surface area contributed by atoms with Gasteiger partial charge in [-0.2, -0.15) is 0 Å². The SMILES string of the molecule is C#C[C@@]1(OC)C[C@@H](C)C(=O)[C@H](C)[C@@H](O)[C@](C)(O)[C@@H](CC)OC(=O)[C@H](C)C([C@H]2C[C@@](C)(OC)[C@@H](O)[C@H](C)O2)[C@H](C)[C@H]1OC[C@H]1C[C@@H](N(C)CCC2=CN(C[C@H](CF)Cc3ccc(-c4cncnc4)cc3)N(C)N2)C[C@@H](C)O1. The van der Waals surface area contributed by atoms with Gasteiger partial charge in [0, 0.05) is 107 Å². The van der Waals surface area contributed by atoms with Crippen molar-refractivity contribution in [1.82, 2.24) is 30.4 Å². The molecule has 424 valence electrons. The molecule has 3 fully saturated rings. The molecule has 5 heterocycles. The largest absolute Gasteiger partial charge is 0.459 e. The number of ketones is 1. The average molecular weight is 1070 g/mol. The van der Waals surface area contributed by atoms with E-state index in [2.05, 4.69) is 46.4 Å². The molecule has 76 heavy (non-hydrogen) atoms. The molecule has 3 saturated heterocycles.